The minimum absolute atomic E-state index is 0.0122. The minimum atomic E-state index is -0.328. The SMILES string of the molecule is O=C(Cc1cccc(F)c1)N1CC2(CC(=O)N(c3ccccc3)C2)C1. The highest BCUT2D eigenvalue weighted by molar-refractivity contribution is 5.97. The first kappa shape index (κ1) is 15.8. The normalized spacial score (nSPS) is 18.5. The molecule has 0 bridgehead atoms. The van der Waals surface area contributed by atoms with Gasteiger partial charge in [0.15, 0.2) is 0 Å². The zero-order valence-corrected chi connectivity index (χ0v) is 13.8. The van der Waals surface area contributed by atoms with Gasteiger partial charge in [0, 0.05) is 37.2 Å². The monoisotopic (exact) mass is 338 g/mol. The second-order valence-electron chi connectivity index (χ2n) is 7.05. The molecule has 5 heteroatoms. The van der Waals surface area contributed by atoms with Crippen LogP contribution < -0.4 is 4.90 Å². The number of carbonyl (C=O) groups is 2. The number of halogens is 1. The van der Waals surface area contributed by atoms with Crippen LogP contribution in [0.2, 0.25) is 0 Å². The third-order valence-electron chi connectivity index (χ3n) is 5.04. The summed E-state index contributed by atoms with van der Waals surface area (Å²) in [5.74, 6) is -0.226. The van der Waals surface area contributed by atoms with Crippen molar-refractivity contribution in [3.8, 4) is 0 Å². The largest absolute Gasteiger partial charge is 0.341 e. The molecule has 2 amide bonds. The van der Waals surface area contributed by atoms with E-state index < -0.39 is 0 Å². The van der Waals surface area contributed by atoms with Crippen LogP contribution in [0.5, 0.6) is 0 Å². The molecule has 0 aliphatic carbocycles. The molecule has 0 saturated carbocycles. The van der Waals surface area contributed by atoms with Crippen molar-refractivity contribution in [2.75, 3.05) is 24.5 Å². The first-order valence-electron chi connectivity index (χ1n) is 8.42. The highest BCUT2D eigenvalue weighted by Crippen LogP contribution is 2.42. The Morgan fingerprint density at radius 3 is 2.52 bits per heavy atom. The first-order valence-corrected chi connectivity index (χ1v) is 8.42. The van der Waals surface area contributed by atoms with E-state index in [9.17, 15) is 14.0 Å². The lowest BCUT2D eigenvalue weighted by molar-refractivity contribution is -0.142. The Balaban J connectivity index is 1.38. The van der Waals surface area contributed by atoms with E-state index >= 15 is 0 Å². The summed E-state index contributed by atoms with van der Waals surface area (Å²) in [5.41, 5.74) is 1.46. The fraction of sp³-hybridized carbons (Fsp3) is 0.300. The Morgan fingerprint density at radius 2 is 1.80 bits per heavy atom. The van der Waals surface area contributed by atoms with Gasteiger partial charge in [0.2, 0.25) is 11.8 Å². The van der Waals surface area contributed by atoms with Crippen molar-refractivity contribution >= 4 is 17.5 Å². The Morgan fingerprint density at radius 1 is 1.04 bits per heavy atom. The minimum Gasteiger partial charge on any atom is -0.341 e. The number of rotatable bonds is 3. The molecule has 0 aromatic heterocycles. The van der Waals surface area contributed by atoms with Crippen LogP contribution in [0.25, 0.3) is 0 Å². The van der Waals surface area contributed by atoms with Crippen LogP contribution in [0.4, 0.5) is 10.1 Å². The van der Waals surface area contributed by atoms with Gasteiger partial charge in [-0.15, -0.1) is 0 Å². The number of amides is 2. The highest BCUT2D eigenvalue weighted by Gasteiger charge is 2.52. The van der Waals surface area contributed by atoms with Gasteiger partial charge < -0.3 is 9.80 Å². The van der Waals surface area contributed by atoms with Gasteiger partial charge in [-0.05, 0) is 29.8 Å². The molecule has 2 aromatic rings. The zero-order chi connectivity index (χ0) is 17.4. The standard InChI is InChI=1S/C20H19FN2O2/c21-16-6-4-5-15(9-16)10-18(24)22-12-20(13-22)11-19(25)23(14-20)17-7-2-1-3-8-17/h1-9H,10-14H2. The van der Waals surface area contributed by atoms with Gasteiger partial charge in [-0.2, -0.15) is 0 Å². The number of hydrogen-bond donors (Lipinski definition) is 0. The molecule has 2 aliphatic heterocycles. The van der Waals surface area contributed by atoms with Crippen molar-refractivity contribution in [3.63, 3.8) is 0 Å². The lowest BCUT2D eigenvalue weighted by Gasteiger charge is -2.47. The molecule has 2 aromatic carbocycles. The molecule has 0 N–H and O–H groups in total. The summed E-state index contributed by atoms with van der Waals surface area (Å²) in [6.45, 7) is 1.84. The van der Waals surface area contributed by atoms with Crippen molar-refractivity contribution in [1.82, 2.24) is 4.90 Å². The number of para-hydroxylation sites is 1. The number of nitrogens with zero attached hydrogens (tertiary/aromatic N) is 2. The molecule has 25 heavy (non-hydrogen) atoms. The van der Waals surface area contributed by atoms with E-state index in [0.29, 0.717) is 31.6 Å². The summed E-state index contributed by atoms with van der Waals surface area (Å²) < 4.78 is 13.2. The molecule has 2 saturated heterocycles. The number of hydrogen-bond acceptors (Lipinski definition) is 2. The van der Waals surface area contributed by atoms with Crippen LogP contribution in [0.15, 0.2) is 54.6 Å². The van der Waals surface area contributed by atoms with Gasteiger partial charge in [-0.25, -0.2) is 4.39 Å². The van der Waals surface area contributed by atoms with Gasteiger partial charge in [0.05, 0.1) is 6.42 Å². The van der Waals surface area contributed by atoms with E-state index in [1.165, 1.54) is 12.1 Å². The summed E-state index contributed by atoms with van der Waals surface area (Å²) in [6, 6.07) is 15.8. The third-order valence-corrected chi connectivity index (χ3v) is 5.04. The number of benzene rings is 2. The fourth-order valence-electron chi connectivity index (χ4n) is 3.82. The van der Waals surface area contributed by atoms with Gasteiger partial charge in [0.1, 0.15) is 5.82 Å². The van der Waals surface area contributed by atoms with Crippen LogP contribution in [-0.4, -0.2) is 36.3 Å². The van der Waals surface area contributed by atoms with E-state index in [1.54, 1.807) is 17.0 Å². The predicted molar refractivity (Wildman–Crippen MR) is 92.5 cm³/mol. The summed E-state index contributed by atoms with van der Waals surface area (Å²) in [7, 11) is 0. The molecule has 4 rings (SSSR count). The average Bonchev–Trinajstić information content (AvgIpc) is 2.92. The van der Waals surface area contributed by atoms with E-state index in [4.69, 9.17) is 0 Å². The topological polar surface area (TPSA) is 40.6 Å². The maximum atomic E-state index is 13.2. The number of anilines is 1. The predicted octanol–water partition coefficient (Wildman–Crippen LogP) is 2.63. The zero-order valence-electron chi connectivity index (χ0n) is 13.8. The van der Waals surface area contributed by atoms with Crippen LogP contribution in [0.3, 0.4) is 0 Å². The van der Waals surface area contributed by atoms with Crippen LogP contribution in [0.1, 0.15) is 12.0 Å². The van der Waals surface area contributed by atoms with Crippen molar-refractivity contribution in [2.24, 2.45) is 5.41 Å². The molecule has 2 fully saturated rings. The van der Waals surface area contributed by atoms with E-state index in [1.807, 2.05) is 35.2 Å². The molecule has 0 radical (unpaired) electrons. The van der Waals surface area contributed by atoms with Gasteiger partial charge >= 0.3 is 0 Å². The molecule has 2 heterocycles. The van der Waals surface area contributed by atoms with Crippen molar-refractivity contribution in [1.29, 1.82) is 0 Å². The number of carbonyl (C=O) groups excluding carboxylic acids is 2. The Kier molecular flexibility index (Phi) is 3.79. The maximum Gasteiger partial charge on any atom is 0.227 e. The van der Waals surface area contributed by atoms with Gasteiger partial charge in [0.25, 0.3) is 0 Å². The first-order chi connectivity index (χ1) is 12.0. The summed E-state index contributed by atoms with van der Waals surface area (Å²) >= 11 is 0. The van der Waals surface area contributed by atoms with Crippen LogP contribution in [0, 0.1) is 11.2 Å². The van der Waals surface area contributed by atoms with Crippen molar-refractivity contribution in [2.45, 2.75) is 12.8 Å². The quantitative estimate of drug-likeness (QED) is 0.863. The maximum absolute atomic E-state index is 13.2. The number of likely N-dealkylation sites (tertiary alicyclic amines) is 1. The molecule has 128 valence electrons. The van der Waals surface area contributed by atoms with E-state index in [-0.39, 0.29) is 29.5 Å². The molecular formula is C20H19FN2O2. The van der Waals surface area contributed by atoms with Crippen molar-refractivity contribution in [3.05, 3.63) is 66.0 Å². The molecule has 0 atom stereocenters. The molecular weight excluding hydrogens is 319 g/mol. The lowest BCUT2D eigenvalue weighted by atomic mass is 9.78. The van der Waals surface area contributed by atoms with E-state index in [0.717, 1.165) is 5.69 Å². The molecule has 0 unspecified atom stereocenters. The molecule has 1 spiro atoms. The van der Waals surface area contributed by atoms with E-state index in [2.05, 4.69) is 0 Å². The van der Waals surface area contributed by atoms with Gasteiger partial charge in [-0.1, -0.05) is 30.3 Å². The van der Waals surface area contributed by atoms with Crippen LogP contribution in [-0.2, 0) is 16.0 Å². The summed E-state index contributed by atoms with van der Waals surface area (Å²) in [4.78, 5) is 28.3. The van der Waals surface area contributed by atoms with Crippen molar-refractivity contribution < 1.29 is 14.0 Å². The summed E-state index contributed by atoms with van der Waals surface area (Å²) in [5, 5.41) is 0. The highest BCUT2D eigenvalue weighted by atomic mass is 19.1. The lowest BCUT2D eigenvalue weighted by Crippen LogP contribution is -2.59. The average molecular weight is 338 g/mol. The Hall–Kier alpha value is -2.69. The van der Waals surface area contributed by atoms with Crippen LogP contribution >= 0.6 is 0 Å². The molecule has 2 aliphatic rings. The molecule has 4 nitrogen and oxygen atoms in total. The van der Waals surface area contributed by atoms with Gasteiger partial charge in [-0.3, -0.25) is 9.59 Å². The Bertz CT molecular complexity index is 815. The third kappa shape index (κ3) is 3.02. The second-order valence-corrected chi connectivity index (χ2v) is 7.05. The smallest absolute Gasteiger partial charge is 0.227 e. The second kappa shape index (κ2) is 5.99. The summed E-state index contributed by atoms with van der Waals surface area (Å²) in [6.07, 6.45) is 0.676. The Labute approximate surface area is 145 Å². The fourth-order valence-corrected chi connectivity index (χ4v) is 3.82.